The maximum atomic E-state index is 11.5. The number of aliphatic carboxylic acids is 1. The molecule has 1 fully saturated rings. The number of nitrogens with zero attached hydrogens (tertiary/aromatic N) is 3. The van der Waals surface area contributed by atoms with E-state index >= 15 is 0 Å². The molecule has 9 nitrogen and oxygen atoms in total. The molecule has 24 heavy (non-hydrogen) atoms. The Morgan fingerprint density at radius 1 is 1.46 bits per heavy atom. The molecule has 1 atom stereocenters. The van der Waals surface area contributed by atoms with Crippen LogP contribution in [0.1, 0.15) is 12.0 Å². The first-order valence-corrected chi connectivity index (χ1v) is 7.56. The van der Waals surface area contributed by atoms with E-state index in [0.717, 1.165) is 11.8 Å². The van der Waals surface area contributed by atoms with Gasteiger partial charge >= 0.3 is 5.97 Å². The lowest BCUT2D eigenvalue weighted by atomic mass is 10.2. The van der Waals surface area contributed by atoms with Gasteiger partial charge in [0.15, 0.2) is 5.17 Å². The molecule has 1 aliphatic rings. The third-order valence-corrected chi connectivity index (χ3v) is 3.92. The molecule has 1 heterocycles. The number of allylic oxidation sites excluding steroid dienone is 1. The largest absolute Gasteiger partial charge is 0.481 e. The van der Waals surface area contributed by atoms with Crippen LogP contribution in [0.4, 0.5) is 5.69 Å². The molecule has 2 N–H and O–H groups in total. The van der Waals surface area contributed by atoms with Crippen LogP contribution >= 0.6 is 11.8 Å². The van der Waals surface area contributed by atoms with Crippen molar-refractivity contribution < 1.29 is 19.6 Å². The quantitative estimate of drug-likeness (QED) is 0.456. The van der Waals surface area contributed by atoms with Crippen molar-refractivity contribution in [3.05, 3.63) is 46.0 Å². The van der Waals surface area contributed by atoms with Crippen molar-refractivity contribution in [3.8, 4) is 0 Å². The second-order valence-corrected chi connectivity index (χ2v) is 5.73. The fraction of sp³-hybridized carbons (Fsp3) is 0.143. The van der Waals surface area contributed by atoms with Crippen LogP contribution < -0.4 is 5.32 Å². The minimum atomic E-state index is -1.07. The summed E-state index contributed by atoms with van der Waals surface area (Å²) in [6.07, 6.45) is 4.00. The van der Waals surface area contributed by atoms with E-state index in [9.17, 15) is 19.7 Å². The number of carboxylic acids is 1. The third-order valence-electron chi connectivity index (χ3n) is 2.85. The number of nitrogens with one attached hydrogen (secondary N) is 1. The topological polar surface area (TPSA) is 134 Å². The number of nitro benzene ring substituents is 1. The Balaban J connectivity index is 1.97. The maximum absolute atomic E-state index is 11.5. The minimum absolute atomic E-state index is 0.0245. The van der Waals surface area contributed by atoms with Gasteiger partial charge in [-0.2, -0.15) is 5.10 Å². The molecule has 0 spiro atoms. The second-order valence-electron chi connectivity index (χ2n) is 4.54. The molecular formula is C14H12N4O5S. The summed E-state index contributed by atoms with van der Waals surface area (Å²) in [6, 6.07) is 6.24. The molecule has 0 bridgehead atoms. The Bertz CT molecular complexity index is 759. The lowest BCUT2D eigenvalue weighted by Gasteiger charge is -1.97. The van der Waals surface area contributed by atoms with Crippen LogP contribution in [0, 0.1) is 10.1 Å². The summed E-state index contributed by atoms with van der Waals surface area (Å²) in [5.74, 6) is -1.49. The predicted molar refractivity (Wildman–Crippen MR) is 89.8 cm³/mol. The number of carbonyl (C=O) groups excluding carboxylic acids is 1. The Kier molecular flexibility index (Phi) is 5.79. The van der Waals surface area contributed by atoms with Crippen molar-refractivity contribution in [2.24, 2.45) is 10.2 Å². The van der Waals surface area contributed by atoms with E-state index in [1.807, 2.05) is 0 Å². The summed E-state index contributed by atoms with van der Waals surface area (Å²) < 4.78 is 0. The standard InChI is InChI=1S/C14H12N4O5S/c19-12(20)8-11-13(21)16-14(24-11)17-15-7-3-5-9-4-1-2-6-10(9)18(22)23/h1-7,11H,8H2,(H,19,20)(H,16,17,21)/b5-3+,15-7-/t11-/m1/s1. The van der Waals surface area contributed by atoms with Gasteiger partial charge in [0, 0.05) is 12.3 Å². The highest BCUT2D eigenvalue weighted by atomic mass is 32.2. The van der Waals surface area contributed by atoms with E-state index in [1.54, 1.807) is 18.2 Å². The van der Waals surface area contributed by atoms with Gasteiger partial charge in [-0.3, -0.25) is 19.7 Å². The Morgan fingerprint density at radius 3 is 2.92 bits per heavy atom. The molecule has 0 aromatic heterocycles. The van der Waals surface area contributed by atoms with Crippen molar-refractivity contribution in [2.45, 2.75) is 11.7 Å². The Labute approximate surface area is 140 Å². The van der Waals surface area contributed by atoms with Gasteiger partial charge < -0.3 is 10.4 Å². The number of hydrogen-bond acceptors (Lipinski definition) is 7. The van der Waals surface area contributed by atoms with Crippen LogP contribution in [0.2, 0.25) is 0 Å². The van der Waals surface area contributed by atoms with Crippen molar-refractivity contribution in [3.63, 3.8) is 0 Å². The predicted octanol–water partition coefficient (Wildman–Crippen LogP) is 1.66. The number of rotatable bonds is 6. The summed E-state index contributed by atoms with van der Waals surface area (Å²) in [4.78, 5) is 32.5. The number of hydrogen-bond donors (Lipinski definition) is 2. The smallest absolute Gasteiger partial charge is 0.305 e. The molecule has 1 amide bonds. The van der Waals surface area contributed by atoms with E-state index < -0.39 is 22.0 Å². The lowest BCUT2D eigenvalue weighted by molar-refractivity contribution is -0.385. The number of amidine groups is 1. The molecule has 1 aromatic rings. The zero-order valence-corrected chi connectivity index (χ0v) is 13.0. The van der Waals surface area contributed by atoms with Crippen molar-refractivity contribution >= 4 is 46.8 Å². The number of amides is 1. The normalized spacial score (nSPS) is 19.2. The van der Waals surface area contributed by atoms with Crippen LogP contribution in [0.25, 0.3) is 6.08 Å². The number of nitro groups is 1. The molecule has 1 saturated heterocycles. The highest BCUT2D eigenvalue weighted by Gasteiger charge is 2.32. The number of benzene rings is 1. The molecule has 0 radical (unpaired) electrons. The molecule has 0 saturated carbocycles. The van der Waals surface area contributed by atoms with Gasteiger partial charge in [0.1, 0.15) is 5.25 Å². The van der Waals surface area contributed by atoms with Gasteiger partial charge in [-0.25, -0.2) is 0 Å². The monoisotopic (exact) mass is 348 g/mol. The van der Waals surface area contributed by atoms with Gasteiger partial charge in [0.05, 0.1) is 16.9 Å². The van der Waals surface area contributed by atoms with Crippen LogP contribution in [0.15, 0.2) is 40.5 Å². The molecular weight excluding hydrogens is 336 g/mol. The first-order valence-electron chi connectivity index (χ1n) is 6.68. The zero-order chi connectivity index (χ0) is 17.5. The molecule has 124 valence electrons. The highest BCUT2D eigenvalue weighted by molar-refractivity contribution is 8.15. The van der Waals surface area contributed by atoms with Gasteiger partial charge in [-0.15, -0.1) is 5.10 Å². The molecule has 0 unspecified atom stereocenters. The average molecular weight is 348 g/mol. The van der Waals surface area contributed by atoms with Crippen LogP contribution in [-0.4, -0.2) is 38.5 Å². The van der Waals surface area contributed by atoms with Crippen LogP contribution in [-0.2, 0) is 9.59 Å². The fourth-order valence-corrected chi connectivity index (χ4v) is 2.73. The number of carbonyl (C=O) groups is 2. The SMILES string of the molecule is O=C(O)C[C@H]1S\C(=N/N=C\C=C\c2ccccc2[N+](=O)[O-])NC1=O. The van der Waals surface area contributed by atoms with Crippen LogP contribution in [0.5, 0.6) is 0 Å². The Morgan fingerprint density at radius 2 is 2.21 bits per heavy atom. The average Bonchev–Trinajstić information content (AvgIpc) is 2.86. The first kappa shape index (κ1) is 17.3. The highest BCUT2D eigenvalue weighted by Crippen LogP contribution is 2.22. The van der Waals surface area contributed by atoms with Gasteiger partial charge in [-0.1, -0.05) is 23.9 Å². The first-order chi connectivity index (χ1) is 11.5. The minimum Gasteiger partial charge on any atom is -0.481 e. The van der Waals surface area contributed by atoms with E-state index in [4.69, 9.17) is 5.11 Å². The zero-order valence-electron chi connectivity index (χ0n) is 12.2. The summed E-state index contributed by atoms with van der Waals surface area (Å²) >= 11 is 0.989. The lowest BCUT2D eigenvalue weighted by Crippen LogP contribution is -2.26. The molecule has 1 aliphatic heterocycles. The fourth-order valence-electron chi connectivity index (χ4n) is 1.81. The molecule has 1 aromatic carbocycles. The third kappa shape index (κ3) is 4.74. The van der Waals surface area contributed by atoms with Crippen molar-refractivity contribution in [2.75, 3.05) is 0 Å². The molecule has 2 rings (SSSR count). The summed E-state index contributed by atoms with van der Waals surface area (Å²) in [6.45, 7) is 0. The summed E-state index contributed by atoms with van der Waals surface area (Å²) in [7, 11) is 0. The number of thioether (sulfide) groups is 1. The van der Waals surface area contributed by atoms with E-state index in [1.165, 1.54) is 24.4 Å². The van der Waals surface area contributed by atoms with E-state index in [-0.39, 0.29) is 17.3 Å². The summed E-state index contributed by atoms with van der Waals surface area (Å²) in [5, 5.41) is 28.9. The van der Waals surface area contributed by atoms with Crippen molar-refractivity contribution in [1.82, 2.24) is 5.32 Å². The van der Waals surface area contributed by atoms with Crippen molar-refractivity contribution in [1.29, 1.82) is 0 Å². The Hall–Kier alpha value is -3.01. The van der Waals surface area contributed by atoms with E-state index in [2.05, 4.69) is 15.5 Å². The molecule has 10 heteroatoms. The van der Waals surface area contributed by atoms with Gasteiger partial charge in [0.25, 0.3) is 5.69 Å². The number of carboxylic acid groups (broad SMARTS) is 1. The maximum Gasteiger partial charge on any atom is 0.305 e. The van der Waals surface area contributed by atoms with E-state index in [0.29, 0.717) is 5.56 Å². The summed E-state index contributed by atoms with van der Waals surface area (Å²) in [5.41, 5.74) is 0.398. The number of para-hydroxylation sites is 1. The van der Waals surface area contributed by atoms with Gasteiger partial charge in [0.2, 0.25) is 5.91 Å². The van der Waals surface area contributed by atoms with Gasteiger partial charge in [-0.05, 0) is 18.2 Å². The molecule has 0 aliphatic carbocycles. The second kappa shape index (κ2) is 8.02. The van der Waals surface area contributed by atoms with Crippen LogP contribution in [0.3, 0.4) is 0 Å².